The lowest BCUT2D eigenvalue weighted by Crippen LogP contribution is -2.50. The van der Waals surface area contributed by atoms with Crippen molar-refractivity contribution in [3.63, 3.8) is 0 Å². The Labute approximate surface area is 183 Å². The molecule has 0 bridgehead atoms. The predicted octanol–water partition coefficient (Wildman–Crippen LogP) is 5.93. The standard InChI is InChI=1S/C24H21N3O3S/c1-31-22-25-14-18-19(15-6-3-2-4-7-15)20(30-21(18)26-22)16-8-10-17(11-9-16)24(12-5-13-24)27-23(28)29/h2-4,6-11,14,27H,5,12-13H2,1H3,(H,28,29). The molecule has 1 amide bonds. The summed E-state index contributed by atoms with van der Waals surface area (Å²) in [4.78, 5) is 20.3. The largest absolute Gasteiger partial charge is 0.465 e. The number of aromatic nitrogens is 2. The topological polar surface area (TPSA) is 88.2 Å². The van der Waals surface area contributed by atoms with Crippen molar-refractivity contribution in [2.24, 2.45) is 0 Å². The summed E-state index contributed by atoms with van der Waals surface area (Å²) in [5.74, 6) is 0.731. The number of carboxylic acid groups (broad SMARTS) is 1. The summed E-state index contributed by atoms with van der Waals surface area (Å²) in [5, 5.41) is 13.5. The van der Waals surface area contributed by atoms with E-state index in [-0.39, 0.29) is 0 Å². The molecule has 1 fully saturated rings. The van der Waals surface area contributed by atoms with E-state index >= 15 is 0 Å². The molecule has 31 heavy (non-hydrogen) atoms. The summed E-state index contributed by atoms with van der Waals surface area (Å²) in [7, 11) is 0. The summed E-state index contributed by atoms with van der Waals surface area (Å²) >= 11 is 1.47. The predicted molar refractivity (Wildman–Crippen MR) is 121 cm³/mol. The lowest BCUT2D eigenvalue weighted by Gasteiger charge is -2.42. The third-order valence-corrected chi connectivity index (χ3v) is 6.49. The highest BCUT2D eigenvalue weighted by Gasteiger charge is 2.40. The van der Waals surface area contributed by atoms with E-state index in [2.05, 4.69) is 15.3 Å². The van der Waals surface area contributed by atoms with Crippen LogP contribution < -0.4 is 5.32 Å². The molecule has 0 spiro atoms. The zero-order valence-electron chi connectivity index (χ0n) is 17.0. The number of hydrogen-bond acceptors (Lipinski definition) is 5. The van der Waals surface area contributed by atoms with Crippen molar-refractivity contribution in [1.29, 1.82) is 0 Å². The molecule has 2 aromatic carbocycles. The first-order valence-electron chi connectivity index (χ1n) is 10.1. The van der Waals surface area contributed by atoms with Crippen LogP contribution in [-0.4, -0.2) is 27.4 Å². The number of fused-ring (bicyclic) bond motifs is 1. The van der Waals surface area contributed by atoms with E-state index < -0.39 is 11.6 Å². The molecule has 1 saturated carbocycles. The van der Waals surface area contributed by atoms with Gasteiger partial charge in [0.1, 0.15) is 5.76 Å². The second-order valence-corrected chi connectivity index (χ2v) is 8.46. The van der Waals surface area contributed by atoms with Gasteiger partial charge in [0, 0.05) is 17.3 Å². The molecule has 4 aromatic rings. The Morgan fingerprint density at radius 2 is 1.84 bits per heavy atom. The number of furan rings is 1. The van der Waals surface area contributed by atoms with Crippen LogP contribution in [0.25, 0.3) is 33.6 Å². The quantitative estimate of drug-likeness (QED) is 0.301. The first kappa shape index (κ1) is 19.6. The molecule has 1 aliphatic rings. The van der Waals surface area contributed by atoms with E-state index in [0.29, 0.717) is 10.9 Å². The summed E-state index contributed by atoms with van der Waals surface area (Å²) < 4.78 is 6.24. The molecule has 2 heterocycles. The number of benzene rings is 2. The molecule has 0 atom stereocenters. The number of thioether (sulfide) groups is 1. The maximum atomic E-state index is 11.3. The summed E-state index contributed by atoms with van der Waals surface area (Å²) in [6.07, 6.45) is 5.40. The third kappa shape index (κ3) is 3.45. The van der Waals surface area contributed by atoms with Gasteiger partial charge in [-0.05, 0) is 36.6 Å². The number of hydrogen-bond donors (Lipinski definition) is 2. The van der Waals surface area contributed by atoms with E-state index in [1.807, 2.05) is 67.0 Å². The molecule has 156 valence electrons. The second-order valence-electron chi connectivity index (χ2n) is 7.69. The molecular formula is C24H21N3O3S. The molecule has 0 aliphatic heterocycles. The first-order valence-corrected chi connectivity index (χ1v) is 11.3. The van der Waals surface area contributed by atoms with Crippen LogP contribution in [0.15, 0.2) is 70.4 Å². The van der Waals surface area contributed by atoms with Crippen LogP contribution >= 0.6 is 11.8 Å². The van der Waals surface area contributed by atoms with Crippen LogP contribution in [0.5, 0.6) is 0 Å². The summed E-state index contributed by atoms with van der Waals surface area (Å²) in [6, 6.07) is 18.0. The Morgan fingerprint density at radius 3 is 2.45 bits per heavy atom. The Balaban J connectivity index is 1.62. The maximum Gasteiger partial charge on any atom is 0.405 e. The number of rotatable bonds is 5. The molecule has 2 N–H and O–H groups in total. The summed E-state index contributed by atoms with van der Waals surface area (Å²) in [5.41, 5.74) is 3.95. The van der Waals surface area contributed by atoms with E-state index in [0.717, 1.165) is 52.7 Å². The van der Waals surface area contributed by atoms with Crippen LogP contribution in [-0.2, 0) is 5.54 Å². The van der Waals surface area contributed by atoms with Crippen molar-refractivity contribution in [2.75, 3.05) is 6.26 Å². The van der Waals surface area contributed by atoms with Crippen LogP contribution in [0.2, 0.25) is 0 Å². The van der Waals surface area contributed by atoms with Gasteiger partial charge in [0.05, 0.1) is 10.9 Å². The Kier molecular flexibility index (Phi) is 4.90. The molecule has 0 radical (unpaired) electrons. The van der Waals surface area contributed by atoms with Gasteiger partial charge >= 0.3 is 6.09 Å². The minimum atomic E-state index is -0.990. The number of carbonyl (C=O) groups is 1. The van der Waals surface area contributed by atoms with Crippen LogP contribution in [0.1, 0.15) is 24.8 Å². The van der Waals surface area contributed by atoms with E-state index in [9.17, 15) is 9.90 Å². The van der Waals surface area contributed by atoms with Crippen molar-refractivity contribution in [3.8, 4) is 22.5 Å². The molecule has 1 aliphatic carbocycles. The van der Waals surface area contributed by atoms with Gasteiger partial charge in [-0.25, -0.2) is 9.78 Å². The second kappa shape index (κ2) is 7.74. The Hall–Kier alpha value is -3.32. The maximum absolute atomic E-state index is 11.3. The average Bonchev–Trinajstić information content (AvgIpc) is 3.15. The normalized spacial score (nSPS) is 14.9. The van der Waals surface area contributed by atoms with E-state index in [1.54, 1.807) is 0 Å². The number of nitrogens with zero attached hydrogens (tertiary/aromatic N) is 2. The highest BCUT2D eigenvalue weighted by atomic mass is 32.2. The highest BCUT2D eigenvalue weighted by Crippen LogP contribution is 2.44. The lowest BCUT2D eigenvalue weighted by molar-refractivity contribution is 0.144. The molecule has 7 heteroatoms. The molecule has 5 rings (SSSR count). The van der Waals surface area contributed by atoms with E-state index in [1.165, 1.54) is 11.8 Å². The lowest BCUT2D eigenvalue weighted by atomic mass is 9.72. The van der Waals surface area contributed by atoms with Gasteiger partial charge in [0.15, 0.2) is 5.16 Å². The smallest absolute Gasteiger partial charge is 0.405 e. The van der Waals surface area contributed by atoms with Crippen molar-refractivity contribution < 1.29 is 14.3 Å². The zero-order valence-corrected chi connectivity index (χ0v) is 17.8. The first-order chi connectivity index (χ1) is 15.1. The van der Waals surface area contributed by atoms with Crippen LogP contribution in [0.4, 0.5) is 4.79 Å². The average molecular weight is 432 g/mol. The van der Waals surface area contributed by atoms with Crippen molar-refractivity contribution in [1.82, 2.24) is 15.3 Å². The third-order valence-electron chi connectivity index (χ3n) is 5.92. The monoisotopic (exact) mass is 431 g/mol. The van der Waals surface area contributed by atoms with Gasteiger partial charge in [-0.15, -0.1) is 0 Å². The van der Waals surface area contributed by atoms with Crippen LogP contribution in [0.3, 0.4) is 0 Å². The fourth-order valence-corrected chi connectivity index (χ4v) is 4.56. The highest BCUT2D eigenvalue weighted by molar-refractivity contribution is 7.98. The fourth-order valence-electron chi connectivity index (χ4n) is 4.22. The molecule has 0 saturated heterocycles. The number of amides is 1. The minimum absolute atomic E-state index is 0.487. The summed E-state index contributed by atoms with van der Waals surface area (Å²) in [6.45, 7) is 0. The molecule has 0 unspecified atom stereocenters. The van der Waals surface area contributed by atoms with Gasteiger partial charge in [-0.2, -0.15) is 4.98 Å². The van der Waals surface area contributed by atoms with Gasteiger partial charge in [0.25, 0.3) is 0 Å². The van der Waals surface area contributed by atoms with Gasteiger partial charge in [0.2, 0.25) is 5.71 Å². The van der Waals surface area contributed by atoms with Crippen molar-refractivity contribution >= 4 is 29.0 Å². The van der Waals surface area contributed by atoms with Gasteiger partial charge in [-0.1, -0.05) is 66.4 Å². The fraction of sp³-hybridized carbons (Fsp3) is 0.208. The number of nitrogens with one attached hydrogen (secondary N) is 1. The molecular weight excluding hydrogens is 410 g/mol. The molecule has 6 nitrogen and oxygen atoms in total. The zero-order chi connectivity index (χ0) is 21.4. The van der Waals surface area contributed by atoms with Crippen LogP contribution in [0, 0.1) is 0 Å². The SMILES string of the molecule is CSc1ncc2c(-c3ccccc3)c(-c3ccc(C4(NC(=O)O)CCC4)cc3)oc2n1. The van der Waals surface area contributed by atoms with Crippen molar-refractivity contribution in [2.45, 2.75) is 30.0 Å². The molecule has 2 aromatic heterocycles. The van der Waals surface area contributed by atoms with Gasteiger partial charge in [-0.3, -0.25) is 0 Å². The Bertz CT molecular complexity index is 1250. The Morgan fingerprint density at radius 1 is 1.10 bits per heavy atom. The van der Waals surface area contributed by atoms with Crippen molar-refractivity contribution in [3.05, 3.63) is 66.4 Å². The minimum Gasteiger partial charge on any atom is -0.465 e. The van der Waals surface area contributed by atoms with E-state index in [4.69, 9.17) is 4.42 Å². The van der Waals surface area contributed by atoms with Gasteiger partial charge < -0.3 is 14.8 Å².